The number of anilines is 1. The summed E-state index contributed by atoms with van der Waals surface area (Å²) in [4.78, 5) is 29.4. The van der Waals surface area contributed by atoms with Crippen LogP contribution < -0.4 is 15.5 Å². The standard InChI is InChI=1S/C25H32N4O3/c1-28-11-5-8-20-16-21(9-10-22(20)28)23(29-12-14-32-15-13-29)18-27-25(31)24(30)26-17-19-6-3-2-4-7-19/h2-4,6-7,9-10,16,23H,5,8,11-15,17-18H2,1H3,(H,26,30)(H,27,31)/t23-/m1/s1. The van der Waals surface area contributed by atoms with Gasteiger partial charge in [-0.1, -0.05) is 42.5 Å². The summed E-state index contributed by atoms with van der Waals surface area (Å²) in [6.07, 6.45) is 2.21. The fourth-order valence-corrected chi connectivity index (χ4v) is 4.49. The van der Waals surface area contributed by atoms with Crippen LogP contribution in [0.25, 0.3) is 0 Å². The quantitative estimate of drug-likeness (QED) is 0.677. The molecular formula is C25H32N4O3. The Morgan fingerprint density at radius 3 is 2.53 bits per heavy atom. The molecule has 32 heavy (non-hydrogen) atoms. The zero-order valence-corrected chi connectivity index (χ0v) is 18.7. The van der Waals surface area contributed by atoms with Crippen molar-refractivity contribution >= 4 is 17.5 Å². The Kier molecular flexibility index (Phi) is 7.39. The Morgan fingerprint density at radius 2 is 1.75 bits per heavy atom. The van der Waals surface area contributed by atoms with Gasteiger partial charge in [-0.05, 0) is 35.6 Å². The smallest absolute Gasteiger partial charge is 0.309 e. The van der Waals surface area contributed by atoms with E-state index in [4.69, 9.17) is 4.74 Å². The van der Waals surface area contributed by atoms with Crippen LogP contribution in [0.5, 0.6) is 0 Å². The van der Waals surface area contributed by atoms with Crippen LogP contribution in [0, 0.1) is 0 Å². The summed E-state index contributed by atoms with van der Waals surface area (Å²) in [5, 5.41) is 5.56. The lowest BCUT2D eigenvalue weighted by Gasteiger charge is -2.36. The van der Waals surface area contributed by atoms with Crippen LogP contribution in [0.15, 0.2) is 48.5 Å². The van der Waals surface area contributed by atoms with Crippen LogP contribution in [0.4, 0.5) is 5.69 Å². The van der Waals surface area contributed by atoms with Crippen molar-refractivity contribution in [2.75, 3.05) is 51.3 Å². The Bertz CT molecular complexity index is 928. The lowest BCUT2D eigenvalue weighted by molar-refractivity contribution is -0.139. The molecule has 7 heteroatoms. The van der Waals surface area contributed by atoms with Gasteiger partial charge in [-0.2, -0.15) is 0 Å². The van der Waals surface area contributed by atoms with E-state index in [2.05, 4.69) is 45.7 Å². The Labute approximate surface area is 189 Å². The van der Waals surface area contributed by atoms with E-state index in [-0.39, 0.29) is 6.04 Å². The molecule has 2 aromatic rings. The minimum absolute atomic E-state index is 0.00214. The molecule has 7 nitrogen and oxygen atoms in total. The molecule has 0 radical (unpaired) electrons. The highest BCUT2D eigenvalue weighted by Crippen LogP contribution is 2.30. The number of aryl methyl sites for hydroxylation is 1. The van der Waals surface area contributed by atoms with E-state index in [0.717, 1.165) is 38.0 Å². The molecular weight excluding hydrogens is 404 g/mol. The molecule has 0 unspecified atom stereocenters. The fourth-order valence-electron chi connectivity index (χ4n) is 4.49. The van der Waals surface area contributed by atoms with Gasteiger partial charge in [0.1, 0.15) is 0 Å². The molecule has 2 heterocycles. The normalized spacial score (nSPS) is 17.3. The average Bonchev–Trinajstić information content (AvgIpc) is 2.84. The number of carbonyl (C=O) groups is 2. The summed E-state index contributed by atoms with van der Waals surface area (Å²) >= 11 is 0. The number of fused-ring (bicyclic) bond motifs is 1. The van der Waals surface area contributed by atoms with E-state index >= 15 is 0 Å². The van der Waals surface area contributed by atoms with Crippen molar-refractivity contribution in [3.05, 3.63) is 65.2 Å². The average molecular weight is 437 g/mol. The highest BCUT2D eigenvalue weighted by Gasteiger charge is 2.26. The number of hydrogen-bond acceptors (Lipinski definition) is 5. The molecule has 2 amide bonds. The number of hydrogen-bond donors (Lipinski definition) is 2. The predicted molar refractivity (Wildman–Crippen MR) is 124 cm³/mol. The summed E-state index contributed by atoms with van der Waals surface area (Å²) in [6.45, 7) is 4.75. The number of rotatable bonds is 6. The number of morpholine rings is 1. The number of nitrogens with zero attached hydrogens (tertiary/aromatic N) is 2. The third-order valence-electron chi connectivity index (χ3n) is 6.28. The molecule has 1 saturated heterocycles. The molecule has 2 N–H and O–H groups in total. The monoisotopic (exact) mass is 436 g/mol. The molecule has 0 aromatic heterocycles. The van der Waals surface area contributed by atoms with Gasteiger partial charge in [0, 0.05) is 45.5 Å². The van der Waals surface area contributed by atoms with Gasteiger partial charge in [0.25, 0.3) is 0 Å². The maximum Gasteiger partial charge on any atom is 0.309 e. The van der Waals surface area contributed by atoms with Crippen LogP contribution in [0.1, 0.15) is 29.2 Å². The first-order valence-electron chi connectivity index (χ1n) is 11.4. The van der Waals surface area contributed by atoms with Crippen molar-refractivity contribution in [3.8, 4) is 0 Å². The Hall–Kier alpha value is -2.90. The van der Waals surface area contributed by atoms with Crippen LogP contribution >= 0.6 is 0 Å². The summed E-state index contributed by atoms with van der Waals surface area (Å²) in [5.41, 5.74) is 4.76. The van der Waals surface area contributed by atoms with E-state index in [9.17, 15) is 9.59 Å². The van der Waals surface area contributed by atoms with Gasteiger partial charge in [-0.3, -0.25) is 14.5 Å². The maximum atomic E-state index is 12.5. The van der Waals surface area contributed by atoms with Gasteiger partial charge in [0.15, 0.2) is 0 Å². The Morgan fingerprint density at radius 1 is 1.00 bits per heavy atom. The second-order valence-corrected chi connectivity index (χ2v) is 8.46. The summed E-state index contributed by atoms with van der Waals surface area (Å²) in [7, 11) is 2.13. The van der Waals surface area contributed by atoms with Crippen LogP contribution in [-0.4, -0.2) is 63.2 Å². The topological polar surface area (TPSA) is 73.9 Å². The minimum atomic E-state index is -0.610. The van der Waals surface area contributed by atoms with E-state index in [1.165, 1.54) is 16.8 Å². The fraction of sp³-hybridized carbons (Fsp3) is 0.440. The van der Waals surface area contributed by atoms with Crippen molar-refractivity contribution in [1.82, 2.24) is 15.5 Å². The van der Waals surface area contributed by atoms with Gasteiger partial charge >= 0.3 is 11.8 Å². The molecule has 2 aliphatic rings. The van der Waals surface area contributed by atoms with Gasteiger partial charge in [-0.25, -0.2) is 0 Å². The van der Waals surface area contributed by atoms with Gasteiger partial charge < -0.3 is 20.3 Å². The summed E-state index contributed by atoms with van der Waals surface area (Å²) in [5.74, 6) is -1.21. The number of benzene rings is 2. The SMILES string of the molecule is CN1CCCc2cc([C@@H](CNC(=O)C(=O)NCc3ccccc3)N3CCOCC3)ccc21. The zero-order valence-electron chi connectivity index (χ0n) is 18.7. The van der Waals surface area contributed by atoms with Gasteiger partial charge in [0.2, 0.25) is 0 Å². The number of ether oxygens (including phenoxy) is 1. The first-order valence-corrected chi connectivity index (χ1v) is 11.4. The highest BCUT2D eigenvalue weighted by atomic mass is 16.5. The Balaban J connectivity index is 1.42. The highest BCUT2D eigenvalue weighted by molar-refractivity contribution is 6.35. The molecule has 1 atom stereocenters. The maximum absolute atomic E-state index is 12.5. The van der Waals surface area contributed by atoms with Crippen molar-refractivity contribution in [3.63, 3.8) is 0 Å². The van der Waals surface area contributed by atoms with E-state index in [1.807, 2.05) is 30.3 Å². The first-order chi connectivity index (χ1) is 15.6. The van der Waals surface area contributed by atoms with Crippen molar-refractivity contribution in [2.45, 2.75) is 25.4 Å². The molecule has 2 aromatic carbocycles. The second kappa shape index (κ2) is 10.6. The minimum Gasteiger partial charge on any atom is -0.379 e. The van der Waals surface area contributed by atoms with Crippen LogP contribution in [0.2, 0.25) is 0 Å². The molecule has 1 fully saturated rings. The summed E-state index contributed by atoms with van der Waals surface area (Å²) in [6, 6.07) is 16.2. The molecule has 0 saturated carbocycles. The van der Waals surface area contributed by atoms with Gasteiger partial charge in [0.05, 0.1) is 19.3 Å². The molecule has 0 spiro atoms. The first kappa shape index (κ1) is 22.3. The second-order valence-electron chi connectivity index (χ2n) is 8.46. The van der Waals surface area contributed by atoms with E-state index < -0.39 is 11.8 Å². The molecule has 0 bridgehead atoms. The van der Waals surface area contributed by atoms with Crippen LogP contribution in [-0.2, 0) is 27.3 Å². The molecule has 4 rings (SSSR count). The van der Waals surface area contributed by atoms with E-state index in [0.29, 0.717) is 26.3 Å². The van der Waals surface area contributed by atoms with Crippen LogP contribution in [0.3, 0.4) is 0 Å². The molecule has 0 aliphatic carbocycles. The lowest BCUT2D eigenvalue weighted by Crippen LogP contribution is -2.46. The van der Waals surface area contributed by atoms with Crippen molar-refractivity contribution in [2.24, 2.45) is 0 Å². The van der Waals surface area contributed by atoms with E-state index in [1.54, 1.807) is 0 Å². The number of amides is 2. The van der Waals surface area contributed by atoms with Gasteiger partial charge in [-0.15, -0.1) is 0 Å². The third-order valence-corrected chi connectivity index (χ3v) is 6.28. The number of carbonyl (C=O) groups excluding carboxylic acids is 2. The molecule has 2 aliphatic heterocycles. The van der Waals surface area contributed by atoms with Crippen molar-refractivity contribution in [1.29, 1.82) is 0 Å². The number of nitrogens with one attached hydrogen (secondary N) is 2. The third kappa shape index (κ3) is 5.47. The predicted octanol–water partition coefficient (Wildman–Crippen LogP) is 1.87. The lowest BCUT2D eigenvalue weighted by atomic mass is 9.95. The largest absolute Gasteiger partial charge is 0.379 e. The molecule has 170 valence electrons. The summed E-state index contributed by atoms with van der Waals surface area (Å²) < 4.78 is 5.53. The van der Waals surface area contributed by atoms with Crippen molar-refractivity contribution < 1.29 is 14.3 Å². The zero-order chi connectivity index (χ0) is 22.3.